The van der Waals surface area contributed by atoms with Crippen molar-refractivity contribution in [2.24, 2.45) is 0 Å². The Kier molecular flexibility index (Phi) is 8.10. The van der Waals surface area contributed by atoms with E-state index in [1.807, 2.05) is 0 Å². The van der Waals surface area contributed by atoms with Gasteiger partial charge in [0.05, 0.1) is 39.1 Å². The highest BCUT2D eigenvalue weighted by atomic mass is 19.4. The van der Waals surface area contributed by atoms with Crippen molar-refractivity contribution in [1.82, 2.24) is 14.8 Å². The maximum Gasteiger partial charge on any atom is 0.422 e. The van der Waals surface area contributed by atoms with Gasteiger partial charge in [-0.1, -0.05) is 0 Å². The summed E-state index contributed by atoms with van der Waals surface area (Å²) in [6.07, 6.45) is -1.87. The van der Waals surface area contributed by atoms with E-state index in [0.29, 0.717) is 45.2 Å². The number of alkyl halides is 3. The summed E-state index contributed by atoms with van der Waals surface area (Å²) in [6.45, 7) is -0.171. The Morgan fingerprint density at radius 3 is 2.44 bits per heavy atom. The zero-order chi connectivity index (χ0) is 28.2. The van der Waals surface area contributed by atoms with Crippen molar-refractivity contribution in [2.45, 2.75) is 19.6 Å². The fourth-order valence-corrected chi connectivity index (χ4v) is 3.73. The number of ether oxygens (including phenoxy) is 4. The quantitative estimate of drug-likeness (QED) is 0.293. The first-order valence-electron chi connectivity index (χ1n) is 11.6. The number of benzene rings is 2. The highest BCUT2D eigenvalue weighted by Gasteiger charge is 2.30. The molecule has 2 heterocycles. The Hall–Kier alpha value is -4.52. The van der Waals surface area contributed by atoms with E-state index in [1.54, 1.807) is 49.5 Å². The number of carbonyl (C=O) groups excluding carboxylic acids is 1. The number of halogens is 3. The van der Waals surface area contributed by atoms with Gasteiger partial charge >= 0.3 is 6.18 Å². The van der Waals surface area contributed by atoms with Crippen LogP contribution in [0.15, 0.2) is 48.8 Å². The third-order valence-electron chi connectivity index (χ3n) is 5.52. The third kappa shape index (κ3) is 6.49. The lowest BCUT2D eigenvalue weighted by molar-refractivity contribution is -0.153. The number of aliphatic hydroxyl groups excluding tert-OH is 1. The van der Waals surface area contributed by atoms with Gasteiger partial charge in [0.15, 0.2) is 29.5 Å². The molecule has 0 aliphatic heterocycles. The predicted molar refractivity (Wildman–Crippen MR) is 135 cm³/mol. The van der Waals surface area contributed by atoms with Crippen LogP contribution in [0.1, 0.15) is 16.1 Å². The molecule has 2 aromatic heterocycles. The molecule has 0 aliphatic rings. The first-order chi connectivity index (χ1) is 18.6. The summed E-state index contributed by atoms with van der Waals surface area (Å²) in [5, 5.41) is 16.4. The number of amides is 1. The van der Waals surface area contributed by atoms with Crippen LogP contribution < -0.4 is 24.3 Å². The Morgan fingerprint density at radius 2 is 1.77 bits per heavy atom. The van der Waals surface area contributed by atoms with Crippen LogP contribution in [0.25, 0.3) is 10.9 Å². The Balaban J connectivity index is 1.55. The van der Waals surface area contributed by atoms with Gasteiger partial charge in [0.25, 0.3) is 5.91 Å². The van der Waals surface area contributed by atoms with Gasteiger partial charge in [0.1, 0.15) is 11.5 Å². The van der Waals surface area contributed by atoms with Crippen molar-refractivity contribution in [3.8, 4) is 28.7 Å². The molecule has 0 bridgehead atoms. The van der Waals surface area contributed by atoms with E-state index in [-0.39, 0.29) is 24.6 Å². The predicted octanol–water partition coefficient (Wildman–Crippen LogP) is 4.73. The molecule has 0 radical (unpaired) electrons. The summed E-state index contributed by atoms with van der Waals surface area (Å²) >= 11 is 0. The zero-order valence-corrected chi connectivity index (χ0v) is 21.2. The van der Waals surface area contributed by atoms with Crippen LogP contribution in [0.4, 0.5) is 18.9 Å². The molecule has 0 spiro atoms. The smallest absolute Gasteiger partial charge is 0.422 e. The molecule has 1 amide bonds. The summed E-state index contributed by atoms with van der Waals surface area (Å²) in [7, 11) is 3.06. The number of hydrogen-bond donors (Lipinski definition) is 2. The van der Waals surface area contributed by atoms with Crippen molar-refractivity contribution in [3.63, 3.8) is 0 Å². The fraction of sp³-hybridized carbons (Fsp3) is 0.269. The first kappa shape index (κ1) is 27.5. The van der Waals surface area contributed by atoms with Crippen LogP contribution >= 0.6 is 0 Å². The van der Waals surface area contributed by atoms with Crippen LogP contribution in [0, 0.1) is 6.92 Å². The standard InChI is InChI=1S/C26H25F3N4O6/c1-15-10-16(31-25(35)24-23(38-14-26(27,28)29)13-33(32-24)8-9-34)4-5-19(15)39-20-6-7-30-18-12-22(37-3)21(36-2)11-17(18)20/h4-7,10-13,34H,8-9,14H2,1-3H3,(H,31,35). The van der Waals surface area contributed by atoms with Gasteiger partial charge in [-0.25, -0.2) is 0 Å². The molecule has 39 heavy (non-hydrogen) atoms. The van der Waals surface area contributed by atoms with Crippen LogP contribution in [-0.2, 0) is 6.54 Å². The SMILES string of the molecule is COc1cc2nccc(Oc3ccc(NC(=O)c4nn(CCO)cc4OCC(F)(F)F)cc3C)c2cc1OC. The van der Waals surface area contributed by atoms with Gasteiger partial charge in [-0.05, 0) is 42.8 Å². The molecule has 2 aromatic carbocycles. The molecule has 13 heteroatoms. The number of aliphatic hydroxyl groups is 1. The summed E-state index contributed by atoms with van der Waals surface area (Å²) in [4.78, 5) is 17.2. The third-order valence-corrected chi connectivity index (χ3v) is 5.52. The number of anilines is 1. The molecule has 4 aromatic rings. The molecular formula is C26H25F3N4O6. The highest BCUT2D eigenvalue weighted by molar-refractivity contribution is 6.04. The van der Waals surface area contributed by atoms with Crippen molar-refractivity contribution in [3.05, 3.63) is 60.0 Å². The van der Waals surface area contributed by atoms with Crippen LogP contribution in [-0.4, -0.2) is 59.4 Å². The lowest BCUT2D eigenvalue weighted by Crippen LogP contribution is -2.21. The van der Waals surface area contributed by atoms with E-state index in [9.17, 15) is 18.0 Å². The van der Waals surface area contributed by atoms with Crippen molar-refractivity contribution >= 4 is 22.5 Å². The molecule has 0 fully saturated rings. The number of methoxy groups -OCH3 is 2. The molecule has 0 saturated heterocycles. The molecule has 2 N–H and O–H groups in total. The van der Waals surface area contributed by atoms with E-state index < -0.39 is 18.7 Å². The van der Waals surface area contributed by atoms with E-state index in [2.05, 4.69) is 15.4 Å². The van der Waals surface area contributed by atoms with Gasteiger partial charge in [0, 0.05) is 23.3 Å². The minimum absolute atomic E-state index is 0.0247. The molecular weight excluding hydrogens is 521 g/mol. The molecule has 0 saturated carbocycles. The van der Waals surface area contributed by atoms with Crippen molar-refractivity contribution in [2.75, 3.05) is 32.8 Å². The lowest BCUT2D eigenvalue weighted by Gasteiger charge is -2.14. The van der Waals surface area contributed by atoms with Gasteiger partial charge in [-0.3, -0.25) is 14.5 Å². The second-order valence-electron chi connectivity index (χ2n) is 8.30. The van der Waals surface area contributed by atoms with Crippen LogP contribution in [0.5, 0.6) is 28.7 Å². The number of fused-ring (bicyclic) bond motifs is 1. The highest BCUT2D eigenvalue weighted by Crippen LogP contribution is 2.37. The topological polar surface area (TPSA) is 117 Å². The van der Waals surface area contributed by atoms with Gasteiger partial charge < -0.3 is 29.4 Å². The number of carbonyl (C=O) groups is 1. The fourth-order valence-electron chi connectivity index (χ4n) is 3.73. The normalized spacial score (nSPS) is 11.4. The van der Waals surface area contributed by atoms with E-state index in [1.165, 1.54) is 14.2 Å². The monoisotopic (exact) mass is 546 g/mol. The van der Waals surface area contributed by atoms with Gasteiger partial charge in [-0.2, -0.15) is 18.3 Å². The first-order valence-corrected chi connectivity index (χ1v) is 11.6. The van der Waals surface area contributed by atoms with E-state index >= 15 is 0 Å². The molecule has 0 aliphatic carbocycles. The molecule has 206 valence electrons. The Morgan fingerprint density at radius 1 is 1.03 bits per heavy atom. The maximum atomic E-state index is 12.9. The Labute approximate surface area is 220 Å². The summed E-state index contributed by atoms with van der Waals surface area (Å²) in [5.41, 5.74) is 1.31. The van der Waals surface area contributed by atoms with Gasteiger partial charge in [0.2, 0.25) is 0 Å². The average Bonchev–Trinajstić information content (AvgIpc) is 3.31. The number of rotatable bonds is 10. The summed E-state index contributed by atoms with van der Waals surface area (Å²) in [6, 6.07) is 10.1. The minimum atomic E-state index is -4.60. The van der Waals surface area contributed by atoms with Gasteiger partial charge in [-0.15, -0.1) is 0 Å². The number of aryl methyl sites for hydroxylation is 1. The van der Waals surface area contributed by atoms with Crippen LogP contribution in [0.2, 0.25) is 0 Å². The lowest BCUT2D eigenvalue weighted by atomic mass is 10.1. The second-order valence-corrected chi connectivity index (χ2v) is 8.30. The molecule has 0 unspecified atom stereocenters. The van der Waals surface area contributed by atoms with Crippen molar-refractivity contribution < 1.29 is 42.0 Å². The zero-order valence-electron chi connectivity index (χ0n) is 21.2. The summed E-state index contributed by atoms with van der Waals surface area (Å²) < 4.78 is 60.7. The average molecular weight is 547 g/mol. The number of nitrogens with one attached hydrogen (secondary N) is 1. The van der Waals surface area contributed by atoms with E-state index in [4.69, 9.17) is 24.1 Å². The molecule has 10 nitrogen and oxygen atoms in total. The Bertz CT molecular complexity index is 1490. The number of nitrogens with zero attached hydrogens (tertiary/aromatic N) is 3. The molecule has 0 atom stereocenters. The second kappa shape index (κ2) is 11.5. The number of aromatic nitrogens is 3. The molecule has 4 rings (SSSR count). The van der Waals surface area contributed by atoms with Crippen molar-refractivity contribution in [1.29, 1.82) is 0 Å². The maximum absolute atomic E-state index is 12.9. The minimum Gasteiger partial charge on any atom is -0.493 e. The largest absolute Gasteiger partial charge is 0.493 e. The van der Waals surface area contributed by atoms with E-state index in [0.717, 1.165) is 10.9 Å². The van der Waals surface area contributed by atoms with Crippen LogP contribution in [0.3, 0.4) is 0 Å². The number of hydrogen-bond acceptors (Lipinski definition) is 8. The summed E-state index contributed by atoms with van der Waals surface area (Å²) in [5.74, 6) is 0.917. The number of pyridine rings is 1.